The van der Waals surface area contributed by atoms with E-state index in [1.54, 1.807) is 0 Å². The van der Waals surface area contributed by atoms with Crippen molar-refractivity contribution in [2.24, 2.45) is 0 Å². The molecule has 24 heavy (non-hydrogen) atoms. The molecule has 0 bridgehead atoms. The van der Waals surface area contributed by atoms with E-state index in [0.29, 0.717) is 0 Å². The van der Waals surface area contributed by atoms with Crippen LogP contribution in [0.15, 0.2) is 24.1 Å². The van der Waals surface area contributed by atoms with Crippen molar-refractivity contribution in [3.8, 4) is 0 Å². The van der Waals surface area contributed by atoms with Gasteiger partial charge in [0.25, 0.3) is 11.9 Å². The summed E-state index contributed by atoms with van der Waals surface area (Å²) in [6.45, 7) is 0. The van der Waals surface area contributed by atoms with Gasteiger partial charge >= 0.3 is 36.3 Å². The third-order valence-electron chi connectivity index (χ3n) is 2.55. The summed E-state index contributed by atoms with van der Waals surface area (Å²) in [5.74, 6) is -8.40. The predicted octanol–water partition coefficient (Wildman–Crippen LogP) is 5.05. The molecule has 0 amide bonds. The first-order valence-corrected chi connectivity index (χ1v) is 4.99. The summed E-state index contributed by atoms with van der Waals surface area (Å²) >= 11 is 0. The van der Waals surface area contributed by atoms with Crippen LogP contribution < -0.4 is 0 Å². The topological polar surface area (TPSA) is 6.48 Å². The number of hydrogen-bond donors (Lipinski definition) is 0. The summed E-state index contributed by atoms with van der Waals surface area (Å²) in [6.07, 6.45) is -8.27. The van der Waals surface area contributed by atoms with Crippen LogP contribution in [0.5, 0.6) is 0 Å². The fourth-order valence-corrected chi connectivity index (χ4v) is 1.55. The van der Waals surface area contributed by atoms with Gasteiger partial charge in [0.05, 0.1) is 0 Å². The Hall–Kier alpha value is -1.90. The van der Waals surface area contributed by atoms with Gasteiger partial charge in [-0.25, -0.2) is 9.80 Å². The standard InChI is InChI=1S/C8F14N2/c9-1(10)3(13)23-5(15,16)7(19,20)24(4(14)2(11)12)8(21,22)6(23,17)18. The molecule has 140 valence electrons. The van der Waals surface area contributed by atoms with E-state index < -0.39 is 58.0 Å². The number of piperazine rings is 1. The van der Waals surface area contributed by atoms with Crippen molar-refractivity contribution in [1.82, 2.24) is 9.80 Å². The van der Waals surface area contributed by atoms with Crippen molar-refractivity contribution in [2.45, 2.75) is 24.2 Å². The van der Waals surface area contributed by atoms with Crippen molar-refractivity contribution >= 4 is 0 Å². The molecule has 0 aromatic heterocycles. The Labute approximate surface area is 121 Å². The lowest BCUT2D eigenvalue weighted by molar-refractivity contribution is -0.498. The summed E-state index contributed by atoms with van der Waals surface area (Å²) < 4.78 is 179. The molecule has 0 N–H and O–H groups in total. The zero-order chi connectivity index (χ0) is 19.5. The summed E-state index contributed by atoms with van der Waals surface area (Å²) in [6, 6.07) is -28.0. The molecule has 0 radical (unpaired) electrons. The van der Waals surface area contributed by atoms with Crippen LogP contribution in [0, 0.1) is 0 Å². The van der Waals surface area contributed by atoms with Crippen LogP contribution in [-0.2, 0) is 0 Å². The van der Waals surface area contributed by atoms with Gasteiger partial charge in [-0.3, -0.25) is 0 Å². The number of rotatable bonds is 2. The maximum atomic E-state index is 13.2. The van der Waals surface area contributed by atoms with Gasteiger partial charge in [0.1, 0.15) is 0 Å². The highest BCUT2D eigenvalue weighted by Gasteiger charge is 2.87. The average Bonchev–Trinajstić information content (AvgIpc) is 2.35. The van der Waals surface area contributed by atoms with E-state index in [4.69, 9.17) is 0 Å². The molecule has 0 saturated carbocycles. The van der Waals surface area contributed by atoms with Crippen LogP contribution in [0.2, 0.25) is 0 Å². The van der Waals surface area contributed by atoms with Gasteiger partial charge in [0.2, 0.25) is 0 Å². The second-order valence-corrected chi connectivity index (χ2v) is 3.94. The number of hydrogen-bond acceptors (Lipinski definition) is 2. The smallest absolute Gasteiger partial charge is 0.209 e. The van der Waals surface area contributed by atoms with Crippen LogP contribution in [0.25, 0.3) is 0 Å². The Morgan fingerprint density at radius 1 is 0.417 bits per heavy atom. The zero-order valence-electron chi connectivity index (χ0n) is 10.2. The molecule has 0 spiro atoms. The highest BCUT2D eigenvalue weighted by atomic mass is 19.3. The van der Waals surface area contributed by atoms with Crippen LogP contribution in [0.4, 0.5) is 61.5 Å². The summed E-state index contributed by atoms with van der Waals surface area (Å²) in [5, 5.41) is 0. The molecular weight excluding hydrogens is 390 g/mol. The van der Waals surface area contributed by atoms with E-state index in [1.165, 1.54) is 0 Å². The Morgan fingerprint density at radius 3 is 0.708 bits per heavy atom. The third kappa shape index (κ3) is 2.33. The summed E-state index contributed by atoms with van der Waals surface area (Å²) in [7, 11) is 0. The van der Waals surface area contributed by atoms with E-state index in [2.05, 4.69) is 0 Å². The molecule has 16 heteroatoms. The van der Waals surface area contributed by atoms with Gasteiger partial charge in [-0.15, -0.1) is 0 Å². The number of halogens is 14. The first-order chi connectivity index (χ1) is 10.5. The molecule has 1 heterocycles. The summed E-state index contributed by atoms with van der Waals surface area (Å²) in [5.41, 5.74) is 0. The fourth-order valence-electron chi connectivity index (χ4n) is 1.55. The lowest BCUT2D eigenvalue weighted by Crippen LogP contribution is -2.79. The molecule has 2 nitrogen and oxygen atoms in total. The zero-order valence-corrected chi connectivity index (χ0v) is 10.2. The monoisotopic (exact) mass is 390 g/mol. The largest absolute Gasteiger partial charge is 0.415 e. The van der Waals surface area contributed by atoms with Gasteiger partial charge in [0.15, 0.2) is 0 Å². The van der Waals surface area contributed by atoms with Gasteiger partial charge in [-0.1, -0.05) is 0 Å². The third-order valence-corrected chi connectivity index (χ3v) is 2.55. The second-order valence-electron chi connectivity index (χ2n) is 3.94. The Bertz CT molecular complexity index is 504. The predicted molar refractivity (Wildman–Crippen MR) is 44.2 cm³/mol. The van der Waals surface area contributed by atoms with E-state index in [0.717, 1.165) is 0 Å². The molecule has 0 aromatic rings. The molecule has 1 fully saturated rings. The Morgan fingerprint density at radius 2 is 0.583 bits per heavy atom. The van der Waals surface area contributed by atoms with E-state index in [1.807, 2.05) is 0 Å². The van der Waals surface area contributed by atoms with Crippen LogP contribution in [-0.4, -0.2) is 34.0 Å². The first kappa shape index (κ1) is 20.1. The summed E-state index contributed by atoms with van der Waals surface area (Å²) in [4.78, 5) is -6.62. The normalized spacial score (nSPS) is 23.8. The molecule has 0 aromatic carbocycles. The van der Waals surface area contributed by atoms with Crippen molar-refractivity contribution in [3.63, 3.8) is 0 Å². The van der Waals surface area contributed by atoms with Crippen LogP contribution in [0.3, 0.4) is 0 Å². The highest BCUT2D eigenvalue weighted by Crippen LogP contribution is 2.60. The van der Waals surface area contributed by atoms with Crippen molar-refractivity contribution in [1.29, 1.82) is 0 Å². The van der Waals surface area contributed by atoms with Crippen LogP contribution >= 0.6 is 0 Å². The number of nitrogens with zero attached hydrogens (tertiary/aromatic N) is 2. The van der Waals surface area contributed by atoms with Gasteiger partial charge in [-0.05, 0) is 0 Å². The number of alkyl halides is 8. The molecule has 1 rings (SSSR count). The van der Waals surface area contributed by atoms with Crippen LogP contribution in [0.1, 0.15) is 0 Å². The van der Waals surface area contributed by atoms with Crippen molar-refractivity contribution < 1.29 is 61.5 Å². The maximum Gasteiger partial charge on any atom is 0.415 e. The molecule has 1 aliphatic heterocycles. The minimum Gasteiger partial charge on any atom is -0.209 e. The minimum absolute atomic E-state index is 3.31. The van der Waals surface area contributed by atoms with Gasteiger partial charge < -0.3 is 0 Å². The lowest BCUT2D eigenvalue weighted by atomic mass is 10.2. The average molecular weight is 390 g/mol. The van der Waals surface area contributed by atoms with Gasteiger partial charge in [0, 0.05) is 0 Å². The van der Waals surface area contributed by atoms with Crippen molar-refractivity contribution in [3.05, 3.63) is 24.1 Å². The minimum atomic E-state index is -7.00. The lowest BCUT2D eigenvalue weighted by Gasteiger charge is -2.52. The van der Waals surface area contributed by atoms with E-state index in [9.17, 15) is 61.5 Å². The fraction of sp³-hybridized carbons (Fsp3) is 0.500. The van der Waals surface area contributed by atoms with E-state index in [-0.39, 0.29) is 0 Å². The van der Waals surface area contributed by atoms with Crippen molar-refractivity contribution in [2.75, 3.05) is 0 Å². The van der Waals surface area contributed by atoms with E-state index >= 15 is 0 Å². The quantitative estimate of drug-likeness (QED) is 0.481. The second kappa shape index (κ2) is 5.30. The van der Waals surface area contributed by atoms with Gasteiger partial charge in [-0.2, -0.15) is 61.5 Å². The molecule has 0 unspecified atom stereocenters. The first-order valence-electron chi connectivity index (χ1n) is 4.99. The Kier molecular flexibility index (Phi) is 4.45. The molecule has 1 aliphatic rings. The maximum absolute atomic E-state index is 13.2. The Balaban J connectivity index is 3.87. The SMILES string of the molecule is FC(F)=C(F)N1C(F)(F)C(F)(F)N(C(F)=C(F)F)C(F)(F)C1(F)F. The molecule has 0 atom stereocenters. The molecular formula is C8F14N2. The molecule has 0 aliphatic carbocycles. The molecule has 1 saturated heterocycles. The highest BCUT2D eigenvalue weighted by molar-refractivity contribution is 5.14.